The molecule has 0 atom stereocenters. The van der Waals surface area contributed by atoms with E-state index in [1.54, 1.807) is 0 Å². The van der Waals surface area contributed by atoms with E-state index in [1.165, 1.54) is 64.0 Å². The average molecular weight is 718 g/mol. The molecule has 0 radical (unpaired) electrons. The molecule has 1 aliphatic rings. The molecule has 0 saturated carbocycles. The number of hydrogen-bond acceptors (Lipinski definition) is 3. The van der Waals surface area contributed by atoms with Crippen LogP contribution < -0.4 is 4.90 Å². The third-order valence-electron chi connectivity index (χ3n) is 11.3. The number of imidazole rings is 1. The van der Waals surface area contributed by atoms with Crippen molar-refractivity contribution in [3.63, 3.8) is 0 Å². The van der Waals surface area contributed by atoms with E-state index < -0.39 is 0 Å². The molecule has 0 saturated heterocycles. The van der Waals surface area contributed by atoms with E-state index in [9.17, 15) is 0 Å². The van der Waals surface area contributed by atoms with Gasteiger partial charge in [-0.05, 0) is 92.3 Å². The van der Waals surface area contributed by atoms with Crippen LogP contribution in [-0.2, 0) is 0 Å². The minimum atomic E-state index is 0.945. The van der Waals surface area contributed by atoms with Gasteiger partial charge in [-0.25, -0.2) is 4.98 Å². The first-order valence-electron chi connectivity index (χ1n) is 18.7. The Labute approximate surface area is 321 Å². The SMILES string of the molecule is c1ccc(-c2nc3cccc4c3n2-c2ccc(-c3c5ccccc5c(-c5ccc6c(c5)sc5ccccc56)c5ccccc35)cc2N4c2ccccc2)cc1. The van der Waals surface area contributed by atoms with Gasteiger partial charge in [-0.3, -0.25) is 4.57 Å². The van der Waals surface area contributed by atoms with Gasteiger partial charge in [0.1, 0.15) is 5.82 Å². The van der Waals surface area contributed by atoms with Crippen LogP contribution in [0, 0.1) is 0 Å². The summed E-state index contributed by atoms with van der Waals surface area (Å²) < 4.78 is 5.00. The molecule has 9 aromatic carbocycles. The van der Waals surface area contributed by atoms with Crippen LogP contribution in [0.4, 0.5) is 17.1 Å². The predicted molar refractivity (Wildman–Crippen MR) is 234 cm³/mol. The van der Waals surface area contributed by atoms with E-state index in [-0.39, 0.29) is 0 Å². The summed E-state index contributed by atoms with van der Waals surface area (Å²) in [4.78, 5) is 7.66. The molecular weight excluding hydrogens is 687 g/mol. The zero-order valence-corrected chi connectivity index (χ0v) is 30.5. The summed E-state index contributed by atoms with van der Waals surface area (Å²) in [5, 5.41) is 7.63. The first-order valence-corrected chi connectivity index (χ1v) is 19.5. The van der Waals surface area contributed by atoms with E-state index in [4.69, 9.17) is 4.98 Å². The van der Waals surface area contributed by atoms with Gasteiger partial charge in [0.25, 0.3) is 0 Å². The minimum Gasteiger partial charge on any atom is -0.306 e. The minimum absolute atomic E-state index is 0.945. The van der Waals surface area contributed by atoms with Crippen molar-refractivity contribution in [2.24, 2.45) is 0 Å². The molecule has 1 aliphatic heterocycles. The van der Waals surface area contributed by atoms with E-state index in [0.717, 1.165) is 45.2 Å². The standard InChI is InChI=1S/C51H31N3S/c1-3-14-32(15-4-1)51-52-42-23-13-24-44-50(42)54(51)43-29-27-33(30-45(43)53(44)35-16-5-2-6-17-35)48-38-19-7-9-21-40(38)49(41-22-10-8-20-39(41)48)34-26-28-37-36-18-11-12-25-46(36)55-47(37)31-34/h1-31H. The molecule has 0 amide bonds. The van der Waals surface area contributed by atoms with Crippen molar-refractivity contribution in [3.05, 3.63) is 188 Å². The van der Waals surface area contributed by atoms with E-state index in [2.05, 4.69) is 198 Å². The second kappa shape index (κ2) is 11.7. The van der Waals surface area contributed by atoms with Crippen molar-refractivity contribution < 1.29 is 0 Å². The van der Waals surface area contributed by atoms with Crippen molar-refractivity contribution in [3.8, 4) is 39.3 Å². The van der Waals surface area contributed by atoms with Gasteiger partial charge in [0.05, 0.1) is 28.1 Å². The Morgan fingerprint density at radius 2 is 0.964 bits per heavy atom. The van der Waals surface area contributed by atoms with Gasteiger partial charge in [-0.15, -0.1) is 11.3 Å². The van der Waals surface area contributed by atoms with Crippen molar-refractivity contribution in [1.82, 2.24) is 9.55 Å². The van der Waals surface area contributed by atoms with Crippen molar-refractivity contribution in [2.75, 3.05) is 4.90 Å². The maximum Gasteiger partial charge on any atom is 0.145 e. The predicted octanol–water partition coefficient (Wildman–Crippen LogP) is 14.5. The Morgan fingerprint density at radius 3 is 1.67 bits per heavy atom. The second-order valence-electron chi connectivity index (χ2n) is 14.3. The highest BCUT2D eigenvalue weighted by atomic mass is 32.1. The van der Waals surface area contributed by atoms with Gasteiger partial charge in [0.15, 0.2) is 0 Å². The molecule has 3 heterocycles. The normalized spacial score (nSPS) is 12.3. The van der Waals surface area contributed by atoms with Gasteiger partial charge in [-0.2, -0.15) is 0 Å². The fourth-order valence-electron chi connectivity index (χ4n) is 8.97. The first-order chi connectivity index (χ1) is 27.3. The summed E-state index contributed by atoms with van der Waals surface area (Å²) in [6, 6.07) is 68.5. The molecule has 0 unspecified atom stereocenters. The summed E-state index contributed by atoms with van der Waals surface area (Å²) in [5.74, 6) is 0.945. The molecule has 0 fully saturated rings. The fraction of sp³-hybridized carbons (Fsp3) is 0. The Hall–Kier alpha value is -7.01. The number of fused-ring (bicyclic) bond motifs is 7. The number of para-hydroxylation sites is 2. The van der Waals surface area contributed by atoms with E-state index >= 15 is 0 Å². The zero-order valence-electron chi connectivity index (χ0n) is 29.6. The van der Waals surface area contributed by atoms with Crippen LogP contribution in [0.25, 0.3) is 92.1 Å². The van der Waals surface area contributed by atoms with Crippen LogP contribution in [0.5, 0.6) is 0 Å². The van der Waals surface area contributed by atoms with Crippen LogP contribution in [0.3, 0.4) is 0 Å². The molecule has 0 spiro atoms. The maximum atomic E-state index is 5.25. The van der Waals surface area contributed by atoms with Crippen molar-refractivity contribution >= 4 is 81.1 Å². The van der Waals surface area contributed by atoms with Crippen LogP contribution in [0.15, 0.2) is 188 Å². The van der Waals surface area contributed by atoms with Gasteiger partial charge >= 0.3 is 0 Å². The Morgan fingerprint density at radius 1 is 0.382 bits per heavy atom. The molecule has 12 rings (SSSR count). The molecule has 55 heavy (non-hydrogen) atoms. The summed E-state index contributed by atoms with van der Waals surface area (Å²) >= 11 is 1.88. The van der Waals surface area contributed by atoms with Crippen LogP contribution >= 0.6 is 11.3 Å². The highest BCUT2D eigenvalue weighted by Gasteiger charge is 2.30. The lowest BCUT2D eigenvalue weighted by Crippen LogP contribution is -2.18. The van der Waals surface area contributed by atoms with E-state index in [1.807, 2.05) is 11.3 Å². The highest BCUT2D eigenvalue weighted by molar-refractivity contribution is 7.25. The van der Waals surface area contributed by atoms with Crippen molar-refractivity contribution in [1.29, 1.82) is 0 Å². The summed E-state index contributed by atoms with van der Waals surface area (Å²) in [5.41, 5.74) is 12.6. The summed E-state index contributed by atoms with van der Waals surface area (Å²) in [7, 11) is 0. The highest BCUT2D eigenvalue weighted by Crippen LogP contribution is 2.51. The van der Waals surface area contributed by atoms with Gasteiger partial charge < -0.3 is 4.90 Å². The number of rotatable bonds is 4. The van der Waals surface area contributed by atoms with Crippen molar-refractivity contribution in [2.45, 2.75) is 0 Å². The number of benzene rings is 9. The lowest BCUT2D eigenvalue weighted by molar-refractivity contribution is 1.06. The van der Waals surface area contributed by atoms with Crippen LogP contribution in [0.1, 0.15) is 0 Å². The van der Waals surface area contributed by atoms with Crippen LogP contribution in [0.2, 0.25) is 0 Å². The molecular formula is C51H31N3S. The number of nitrogens with zero attached hydrogens (tertiary/aromatic N) is 3. The largest absolute Gasteiger partial charge is 0.306 e. The Kier molecular flexibility index (Phi) is 6.50. The smallest absolute Gasteiger partial charge is 0.145 e. The summed E-state index contributed by atoms with van der Waals surface area (Å²) in [6.45, 7) is 0. The lowest BCUT2D eigenvalue weighted by Gasteiger charge is -2.33. The van der Waals surface area contributed by atoms with Gasteiger partial charge in [0.2, 0.25) is 0 Å². The number of thiophene rings is 1. The lowest BCUT2D eigenvalue weighted by atomic mass is 9.85. The third-order valence-corrected chi connectivity index (χ3v) is 12.4. The molecule has 0 bridgehead atoms. The second-order valence-corrected chi connectivity index (χ2v) is 15.4. The Balaban J connectivity index is 1.13. The molecule has 0 N–H and O–H groups in total. The topological polar surface area (TPSA) is 21.1 Å². The fourth-order valence-corrected chi connectivity index (χ4v) is 10.1. The molecule has 4 heteroatoms. The molecule has 2 aromatic heterocycles. The van der Waals surface area contributed by atoms with Gasteiger partial charge in [0, 0.05) is 31.4 Å². The number of hydrogen-bond donors (Lipinski definition) is 0. The number of aromatic nitrogens is 2. The Bertz CT molecular complexity index is 3260. The summed E-state index contributed by atoms with van der Waals surface area (Å²) in [6.07, 6.45) is 0. The first kappa shape index (κ1) is 30.5. The quantitative estimate of drug-likeness (QED) is 0.169. The zero-order chi connectivity index (χ0) is 36.0. The molecule has 3 nitrogen and oxygen atoms in total. The maximum absolute atomic E-state index is 5.25. The molecule has 256 valence electrons. The number of anilines is 3. The molecule has 0 aliphatic carbocycles. The van der Waals surface area contributed by atoms with E-state index in [0.29, 0.717) is 0 Å². The molecule has 11 aromatic rings. The average Bonchev–Trinajstić information content (AvgIpc) is 3.83. The van der Waals surface area contributed by atoms with Gasteiger partial charge in [-0.1, -0.05) is 140 Å². The monoisotopic (exact) mass is 717 g/mol. The van der Waals surface area contributed by atoms with Crippen LogP contribution in [-0.4, -0.2) is 9.55 Å². The third kappa shape index (κ3) is 4.46.